The predicted molar refractivity (Wildman–Crippen MR) is 136 cm³/mol. The Kier molecular flexibility index (Phi) is 8.94. The minimum Gasteiger partial charge on any atom is -0.480 e. The number of carboxylic acid groups (broad SMARTS) is 2. The van der Waals surface area contributed by atoms with Crippen LogP contribution in [0.25, 0.3) is 0 Å². The SMILES string of the molecule is O=C(O)C(c1ccccc1)N1CCC(CCCC2CCN(C(C(=O)O)c3ccccc3)CC2)CC1. The van der Waals surface area contributed by atoms with Crippen LogP contribution in [0.2, 0.25) is 0 Å². The summed E-state index contributed by atoms with van der Waals surface area (Å²) in [7, 11) is 0. The molecular weight excluding hydrogens is 440 g/mol. The fourth-order valence-electron chi connectivity index (χ4n) is 5.98. The molecule has 2 aliphatic rings. The Morgan fingerprint density at radius 3 is 1.31 bits per heavy atom. The van der Waals surface area contributed by atoms with Crippen LogP contribution < -0.4 is 0 Å². The van der Waals surface area contributed by atoms with Gasteiger partial charge in [-0.15, -0.1) is 0 Å². The summed E-state index contributed by atoms with van der Waals surface area (Å²) in [4.78, 5) is 28.1. The summed E-state index contributed by atoms with van der Waals surface area (Å²) in [5.74, 6) is -0.186. The quantitative estimate of drug-likeness (QED) is 0.487. The number of carboxylic acids is 2. The number of likely N-dealkylation sites (tertiary alicyclic amines) is 2. The summed E-state index contributed by atoms with van der Waals surface area (Å²) >= 11 is 0. The molecule has 0 saturated carbocycles. The van der Waals surface area contributed by atoms with Crippen molar-refractivity contribution in [1.82, 2.24) is 9.80 Å². The van der Waals surface area contributed by atoms with E-state index in [4.69, 9.17) is 0 Å². The van der Waals surface area contributed by atoms with Crippen molar-refractivity contribution in [2.45, 2.75) is 57.0 Å². The minimum atomic E-state index is -0.765. The first kappa shape index (κ1) is 25.4. The molecule has 6 heteroatoms. The monoisotopic (exact) mass is 478 g/mol. The van der Waals surface area contributed by atoms with Crippen LogP contribution in [0.15, 0.2) is 60.7 Å². The fourth-order valence-corrected chi connectivity index (χ4v) is 5.98. The van der Waals surface area contributed by atoms with Gasteiger partial charge < -0.3 is 10.2 Å². The number of nitrogens with zero attached hydrogens (tertiary/aromatic N) is 2. The summed E-state index contributed by atoms with van der Waals surface area (Å²) < 4.78 is 0. The first-order valence-electron chi connectivity index (χ1n) is 13.1. The lowest BCUT2D eigenvalue weighted by Crippen LogP contribution is -2.40. The number of benzene rings is 2. The second-order valence-corrected chi connectivity index (χ2v) is 10.2. The molecule has 2 unspecified atom stereocenters. The molecule has 2 aliphatic heterocycles. The zero-order valence-corrected chi connectivity index (χ0v) is 20.5. The van der Waals surface area contributed by atoms with Crippen LogP contribution in [0.3, 0.4) is 0 Å². The third kappa shape index (κ3) is 6.71. The molecule has 6 nitrogen and oxygen atoms in total. The molecule has 35 heavy (non-hydrogen) atoms. The van der Waals surface area contributed by atoms with Gasteiger partial charge in [-0.1, -0.05) is 79.9 Å². The lowest BCUT2D eigenvalue weighted by atomic mass is 9.86. The van der Waals surface area contributed by atoms with Gasteiger partial charge >= 0.3 is 11.9 Å². The zero-order valence-electron chi connectivity index (χ0n) is 20.5. The Labute approximate surface area is 208 Å². The molecule has 2 aromatic rings. The van der Waals surface area contributed by atoms with Crippen LogP contribution in [0.4, 0.5) is 0 Å². The lowest BCUT2D eigenvalue weighted by molar-refractivity contribution is -0.145. The van der Waals surface area contributed by atoms with E-state index in [2.05, 4.69) is 9.80 Å². The number of rotatable bonds is 10. The summed E-state index contributed by atoms with van der Waals surface area (Å²) in [6.45, 7) is 3.35. The Morgan fingerprint density at radius 1 is 0.657 bits per heavy atom. The minimum absolute atomic E-state index is 0.548. The molecule has 0 amide bonds. The highest BCUT2D eigenvalue weighted by molar-refractivity contribution is 5.76. The van der Waals surface area contributed by atoms with E-state index in [1.807, 2.05) is 60.7 Å². The first-order valence-corrected chi connectivity index (χ1v) is 13.1. The van der Waals surface area contributed by atoms with E-state index in [1.165, 1.54) is 19.3 Å². The molecule has 2 atom stereocenters. The van der Waals surface area contributed by atoms with Crippen LogP contribution >= 0.6 is 0 Å². The van der Waals surface area contributed by atoms with E-state index < -0.39 is 24.0 Å². The van der Waals surface area contributed by atoms with Crippen molar-refractivity contribution >= 4 is 11.9 Å². The summed E-state index contributed by atoms with van der Waals surface area (Å²) in [6, 6.07) is 18.0. The van der Waals surface area contributed by atoms with Gasteiger partial charge in [-0.2, -0.15) is 0 Å². The van der Waals surface area contributed by atoms with E-state index >= 15 is 0 Å². The predicted octanol–water partition coefficient (Wildman–Crippen LogP) is 5.23. The number of hydrogen-bond acceptors (Lipinski definition) is 4. The average molecular weight is 479 g/mol. The maximum Gasteiger partial charge on any atom is 0.325 e. The van der Waals surface area contributed by atoms with E-state index in [0.717, 1.165) is 63.0 Å². The van der Waals surface area contributed by atoms with E-state index in [-0.39, 0.29) is 0 Å². The first-order chi connectivity index (χ1) is 17.0. The smallest absolute Gasteiger partial charge is 0.325 e. The van der Waals surface area contributed by atoms with Crippen molar-refractivity contribution in [2.24, 2.45) is 11.8 Å². The average Bonchev–Trinajstić information content (AvgIpc) is 2.87. The Balaban J connectivity index is 1.18. The molecule has 2 aromatic carbocycles. The van der Waals surface area contributed by atoms with Gasteiger partial charge in [0.25, 0.3) is 0 Å². The Bertz CT molecular complexity index is 858. The van der Waals surface area contributed by atoms with Crippen molar-refractivity contribution in [1.29, 1.82) is 0 Å². The molecule has 0 bridgehead atoms. The standard InChI is InChI=1S/C29H38N2O4/c32-28(33)26(24-10-3-1-4-11-24)30-18-14-22(15-19-30)8-7-9-23-16-20-31(21-17-23)27(29(34)35)25-12-5-2-6-13-25/h1-6,10-13,22-23,26-27H,7-9,14-21H2,(H,32,33)(H,34,35). The molecule has 188 valence electrons. The topological polar surface area (TPSA) is 81.1 Å². The van der Waals surface area contributed by atoms with Gasteiger partial charge in [0.1, 0.15) is 12.1 Å². The molecule has 0 radical (unpaired) electrons. The van der Waals surface area contributed by atoms with Gasteiger partial charge in [0.15, 0.2) is 0 Å². The molecule has 0 aliphatic carbocycles. The number of aliphatic carboxylic acids is 2. The number of carbonyl (C=O) groups is 2. The third-order valence-corrected chi connectivity index (χ3v) is 7.95. The van der Waals surface area contributed by atoms with Crippen molar-refractivity contribution in [2.75, 3.05) is 26.2 Å². The molecule has 2 saturated heterocycles. The second-order valence-electron chi connectivity index (χ2n) is 10.2. The maximum atomic E-state index is 11.9. The largest absolute Gasteiger partial charge is 0.480 e. The highest BCUT2D eigenvalue weighted by Gasteiger charge is 2.32. The van der Waals surface area contributed by atoms with Gasteiger partial charge in [0.2, 0.25) is 0 Å². The van der Waals surface area contributed by atoms with E-state index in [0.29, 0.717) is 11.8 Å². The highest BCUT2D eigenvalue weighted by atomic mass is 16.4. The highest BCUT2D eigenvalue weighted by Crippen LogP contribution is 2.32. The maximum absolute atomic E-state index is 11.9. The summed E-state index contributed by atoms with van der Waals surface area (Å²) in [5.41, 5.74) is 1.73. The number of piperidine rings is 2. The third-order valence-electron chi connectivity index (χ3n) is 7.95. The Hall–Kier alpha value is -2.70. The second kappa shape index (κ2) is 12.3. The normalized spacial score (nSPS) is 20.3. The zero-order chi connectivity index (χ0) is 24.6. The van der Waals surface area contributed by atoms with Crippen molar-refractivity contribution in [3.05, 3.63) is 71.8 Å². The van der Waals surface area contributed by atoms with Gasteiger partial charge in [0, 0.05) is 0 Å². The van der Waals surface area contributed by atoms with Crippen molar-refractivity contribution in [3.63, 3.8) is 0 Å². The van der Waals surface area contributed by atoms with E-state index in [9.17, 15) is 19.8 Å². The molecular formula is C29H38N2O4. The van der Waals surface area contributed by atoms with Gasteiger partial charge in [0.05, 0.1) is 0 Å². The van der Waals surface area contributed by atoms with Gasteiger partial charge in [-0.05, 0) is 74.8 Å². The van der Waals surface area contributed by atoms with Crippen LogP contribution in [-0.4, -0.2) is 58.1 Å². The molecule has 4 rings (SSSR count). The molecule has 2 heterocycles. The van der Waals surface area contributed by atoms with Gasteiger partial charge in [-0.25, -0.2) is 0 Å². The van der Waals surface area contributed by atoms with Crippen LogP contribution in [-0.2, 0) is 9.59 Å². The van der Waals surface area contributed by atoms with Gasteiger partial charge in [-0.3, -0.25) is 19.4 Å². The van der Waals surface area contributed by atoms with Crippen LogP contribution in [0.5, 0.6) is 0 Å². The molecule has 2 N–H and O–H groups in total. The van der Waals surface area contributed by atoms with Crippen LogP contribution in [0, 0.1) is 11.8 Å². The summed E-state index contributed by atoms with van der Waals surface area (Å²) in [6.07, 6.45) is 7.87. The van der Waals surface area contributed by atoms with Crippen molar-refractivity contribution < 1.29 is 19.8 Å². The Morgan fingerprint density at radius 2 is 1.00 bits per heavy atom. The summed E-state index contributed by atoms with van der Waals surface area (Å²) in [5, 5.41) is 19.6. The molecule has 0 aromatic heterocycles. The lowest BCUT2D eigenvalue weighted by Gasteiger charge is -2.37. The number of hydrogen-bond donors (Lipinski definition) is 2. The van der Waals surface area contributed by atoms with Crippen molar-refractivity contribution in [3.8, 4) is 0 Å². The fraction of sp³-hybridized carbons (Fsp3) is 0.517. The molecule has 0 spiro atoms. The molecule has 2 fully saturated rings. The van der Waals surface area contributed by atoms with E-state index in [1.54, 1.807) is 0 Å². The van der Waals surface area contributed by atoms with Crippen LogP contribution in [0.1, 0.15) is 68.2 Å².